The van der Waals surface area contributed by atoms with Gasteiger partial charge in [0.25, 0.3) is 6.43 Å². The minimum Gasteiger partial charge on any atom is -0.378 e. The Morgan fingerprint density at radius 1 is 1.37 bits per heavy atom. The van der Waals surface area contributed by atoms with Crippen molar-refractivity contribution in [3.63, 3.8) is 0 Å². The summed E-state index contributed by atoms with van der Waals surface area (Å²) in [5.41, 5.74) is 0.770. The van der Waals surface area contributed by atoms with E-state index in [9.17, 15) is 8.78 Å². The Morgan fingerprint density at radius 3 is 2.68 bits per heavy atom. The summed E-state index contributed by atoms with van der Waals surface area (Å²) in [4.78, 5) is 8.63. The van der Waals surface area contributed by atoms with Crippen molar-refractivity contribution in [2.75, 3.05) is 32.7 Å². The molecule has 0 aromatic carbocycles. The van der Waals surface area contributed by atoms with E-state index in [0.717, 1.165) is 9.26 Å². The van der Waals surface area contributed by atoms with Crippen LogP contribution in [0.15, 0.2) is 0 Å². The van der Waals surface area contributed by atoms with Gasteiger partial charge in [-0.1, -0.05) is 0 Å². The van der Waals surface area contributed by atoms with Crippen LogP contribution >= 0.6 is 22.6 Å². The lowest BCUT2D eigenvalue weighted by Crippen LogP contribution is -2.12. The maximum atomic E-state index is 11.9. The summed E-state index contributed by atoms with van der Waals surface area (Å²) in [6.45, 7) is -0.0188. The molecule has 19 heavy (non-hydrogen) atoms. The van der Waals surface area contributed by atoms with Crippen LogP contribution in [0, 0.1) is 3.57 Å². The molecule has 1 aromatic rings. The van der Waals surface area contributed by atoms with Crippen molar-refractivity contribution < 1.29 is 18.3 Å². The predicted octanol–water partition coefficient (Wildman–Crippen LogP) is 2.09. The lowest BCUT2D eigenvalue weighted by Gasteiger charge is -2.10. The molecule has 0 radical (unpaired) electrons. The monoisotopic (exact) mass is 387 g/mol. The van der Waals surface area contributed by atoms with E-state index in [1.165, 1.54) is 0 Å². The number of alkyl halides is 2. The fraction of sp³-hybridized carbons (Fsp3) is 0.636. The fourth-order valence-electron chi connectivity index (χ4n) is 1.39. The standard InChI is InChI=1S/C11H16F2IN3O2/c1-15-11-10(14)7(5-18-2)16-9(17-11)3-4-19-6-8(12)13/h8H,3-6H2,1-2H3,(H,15,16,17). The Kier molecular flexibility index (Phi) is 7.39. The third-order valence-corrected chi connectivity index (χ3v) is 3.33. The maximum Gasteiger partial charge on any atom is 0.261 e. The van der Waals surface area contributed by atoms with Crippen molar-refractivity contribution in [1.29, 1.82) is 0 Å². The number of aromatic nitrogens is 2. The van der Waals surface area contributed by atoms with Crippen molar-refractivity contribution in [2.45, 2.75) is 19.5 Å². The Labute approximate surface area is 124 Å². The van der Waals surface area contributed by atoms with Gasteiger partial charge in [0.2, 0.25) is 0 Å². The first-order valence-electron chi connectivity index (χ1n) is 5.66. The first-order chi connectivity index (χ1) is 9.08. The molecule has 108 valence electrons. The number of nitrogens with zero attached hydrogens (tertiary/aromatic N) is 2. The summed E-state index contributed by atoms with van der Waals surface area (Å²) in [5.74, 6) is 1.25. The molecule has 0 atom stereocenters. The van der Waals surface area contributed by atoms with Crippen LogP contribution in [-0.2, 0) is 22.5 Å². The van der Waals surface area contributed by atoms with Crippen molar-refractivity contribution in [1.82, 2.24) is 9.97 Å². The molecule has 5 nitrogen and oxygen atoms in total. The number of hydrogen-bond acceptors (Lipinski definition) is 5. The fourth-order valence-corrected chi connectivity index (χ4v) is 2.06. The molecule has 8 heteroatoms. The highest BCUT2D eigenvalue weighted by Crippen LogP contribution is 2.19. The van der Waals surface area contributed by atoms with Gasteiger partial charge in [-0.2, -0.15) is 0 Å². The average Bonchev–Trinajstić information content (AvgIpc) is 2.38. The summed E-state index contributed by atoms with van der Waals surface area (Å²) in [7, 11) is 3.35. The summed E-state index contributed by atoms with van der Waals surface area (Å²) in [6, 6.07) is 0. The van der Waals surface area contributed by atoms with Gasteiger partial charge in [0.1, 0.15) is 18.2 Å². The van der Waals surface area contributed by atoms with Gasteiger partial charge in [0.05, 0.1) is 22.5 Å². The van der Waals surface area contributed by atoms with Crippen molar-refractivity contribution in [2.24, 2.45) is 0 Å². The zero-order valence-corrected chi connectivity index (χ0v) is 12.9. The van der Waals surface area contributed by atoms with Crippen LogP contribution in [0.1, 0.15) is 11.5 Å². The average molecular weight is 387 g/mol. The van der Waals surface area contributed by atoms with E-state index in [1.807, 2.05) is 0 Å². The van der Waals surface area contributed by atoms with E-state index in [1.54, 1.807) is 14.2 Å². The first-order valence-corrected chi connectivity index (χ1v) is 6.74. The smallest absolute Gasteiger partial charge is 0.261 e. The second kappa shape index (κ2) is 8.54. The molecule has 0 saturated heterocycles. The zero-order chi connectivity index (χ0) is 14.3. The highest BCUT2D eigenvalue weighted by atomic mass is 127. The quantitative estimate of drug-likeness (QED) is 0.547. The third-order valence-electron chi connectivity index (χ3n) is 2.20. The molecule has 0 spiro atoms. The second-order valence-corrected chi connectivity index (χ2v) is 4.73. The molecular weight excluding hydrogens is 371 g/mol. The Morgan fingerprint density at radius 2 is 2.11 bits per heavy atom. The molecule has 0 bridgehead atoms. The van der Waals surface area contributed by atoms with Gasteiger partial charge in [-0.25, -0.2) is 18.7 Å². The van der Waals surface area contributed by atoms with Gasteiger partial charge in [-0.15, -0.1) is 0 Å². The molecule has 1 N–H and O–H groups in total. The molecular formula is C11H16F2IN3O2. The van der Waals surface area contributed by atoms with Crippen LogP contribution in [0.5, 0.6) is 0 Å². The molecule has 1 rings (SSSR count). The summed E-state index contributed by atoms with van der Waals surface area (Å²) in [5, 5.41) is 2.97. The van der Waals surface area contributed by atoms with Crippen molar-refractivity contribution in [3.05, 3.63) is 15.1 Å². The van der Waals surface area contributed by atoms with E-state index in [-0.39, 0.29) is 6.61 Å². The zero-order valence-electron chi connectivity index (χ0n) is 10.8. The second-order valence-electron chi connectivity index (χ2n) is 3.65. The summed E-state index contributed by atoms with van der Waals surface area (Å²) >= 11 is 2.14. The van der Waals surface area contributed by atoms with E-state index in [2.05, 4.69) is 37.9 Å². The Hall–Kier alpha value is -0.610. The predicted molar refractivity (Wildman–Crippen MR) is 75.5 cm³/mol. The van der Waals surface area contributed by atoms with Crippen molar-refractivity contribution >= 4 is 28.4 Å². The van der Waals surface area contributed by atoms with Crippen LogP contribution in [0.2, 0.25) is 0 Å². The molecule has 0 saturated carbocycles. The molecule has 0 aliphatic heterocycles. The number of halogens is 3. The summed E-state index contributed by atoms with van der Waals surface area (Å²) < 4.78 is 34.6. The number of ether oxygens (including phenoxy) is 2. The highest BCUT2D eigenvalue weighted by molar-refractivity contribution is 14.1. The van der Waals surface area contributed by atoms with Crippen molar-refractivity contribution in [3.8, 4) is 0 Å². The SMILES string of the molecule is CNc1nc(CCOCC(F)F)nc(COC)c1I. The van der Waals surface area contributed by atoms with Gasteiger partial charge in [-0.3, -0.25) is 0 Å². The van der Waals surface area contributed by atoms with Crippen LogP contribution in [0.25, 0.3) is 0 Å². The topological polar surface area (TPSA) is 56.3 Å². The molecule has 1 heterocycles. The Bertz CT molecular complexity index is 408. The number of hydrogen-bond donors (Lipinski definition) is 1. The lowest BCUT2D eigenvalue weighted by molar-refractivity contribution is 0.0182. The largest absolute Gasteiger partial charge is 0.378 e. The van der Waals surface area contributed by atoms with Gasteiger partial charge in [-0.05, 0) is 22.6 Å². The number of methoxy groups -OCH3 is 1. The van der Waals surface area contributed by atoms with Crippen LogP contribution < -0.4 is 5.32 Å². The van der Waals surface area contributed by atoms with E-state index in [0.29, 0.717) is 24.7 Å². The maximum absolute atomic E-state index is 11.9. The summed E-state index contributed by atoms with van der Waals surface area (Å²) in [6.07, 6.45) is -2.07. The third kappa shape index (κ3) is 5.49. The van der Waals surface area contributed by atoms with Gasteiger partial charge >= 0.3 is 0 Å². The van der Waals surface area contributed by atoms with E-state index >= 15 is 0 Å². The van der Waals surface area contributed by atoms with Crippen LogP contribution in [-0.4, -0.2) is 43.8 Å². The van der Waals surface area contributed by atoms with Gasteiger partial charge < -0.3 is 14.8 Å². The molecule has 0 aliphatic rings. The minimum atomic E-state index is -2.45. The first kappa shape index (κ1) is 16.4. The number of rotatable bonds is 8. The normalized spacial score (nSPS) is 11.1. The lowest BCUT2D eigenvalue weighted by atomic mass is 10.3. The highest BCUT2D eigenvalue weighted by Gasteiger charge is 2.11. The van der Waals surface area contributed by atoms with E-state index < -0.39 is 13.0 Å². The van der Waals surface area contributed by atoms with Crippen LogP contribution in [0.4, 0.5) is 14.6 Å². The molecule has 0 amide bonds. The van der Waals surface area contributed by atoms with Crippen LogP contribution in [0.3, 0.4) is 0 Å². The molecule has 0 aliphatic carbocycles. The minimum absolute atomic E-state index is 0.167. The molecule has 0 unspecified atom stereocenters. The van der Waals surface area contributed by atoms with Gasteiger partial charge in [0, 0.05) is 20.6 Å². The molecule has 0 fully saturated rings. The van der Waals surface area contributed by atoms with Gasteiger partial charge in [0.15, 0.2) is 0 Å². The van der Waals surface area contributed by atoms with E-state index in [4.69, 9.17) is 9.47 Å². The number of nitrogens with one attached hydrogen (secondary N) is 1. The molecule has 1 aromatic heterocycles. The number of anilines is 1. The Balaban J connectivity index is 2.69.